The van der Waals surface area contributed by atoms with Crippen LogP contribution < -0.4 is 10.9 Å². The zero-order valence-corrected chi connectivity index (χ0v) is 12.8. The van der Waals surface area contributed by atoms with Crippen LogP contribution >= 0.6 is 11.6 Å². The van der Waals surface area contributed by atoms with Gasteiger partial charge in [-0.05, 0) is 54.3 Å². The van der Waals surface area contributed by atoms with Gasteiger partial charge in [0, 0.05) is 11.6 Å². The molecule has 0 spiro atoms. The summed E-state index contributed by atoms with van der Waals surface area (Å²) in [6, 6.07) is 10.8. The first-order valence-electron chi connectivity index (χ1n) is 6.87. The van der Waals surface area contributed by atoms with Crippen molar-refractivity contribution < 1.29 is 9.04 Å². The summed E-state index contributed by atoms with van der Waals surface area (Å²) in [5.74, 6) is -0.225. The summed E-state index contributed by atoms with van der Waals surface area (Å²) in [6.45, 7) is 1.08. The van der Waals surface area contributed by atoms with Gasteiger partial charge in [-0.25, -0.2) is 4.39 Å². The van der Waals surface area contributed by atoms with E-state index >= 15 is 0 Å². The fourth-order valence-corrected chi connectivity index (χ4v) is 2.94. The summed E-state index contributed by atoms with van der Waals surface area (Å²) in [5.41, 5.74) is 4.02. The van der Waals surface area contributed by atoms with Gasteiger partial charge in [0.1, 0.15) is 5.82 Å². The van der Waals surface area contributed by atoms with Crippen LogP contribution in [0.4, 0.5) is 4.39 Å². The quantitative estimate of drug-likeness (QED) is 0.806. The van der Waals surface area contributed by atoms with Gasteiger partial charge in [0.25, 0.3) is 0 Å². The molecule has 1 heterocycles. The highest BCUT2D eigenvalue weighted by molar-refractivity contribution is 6.81. The van der Waals surface area contributed by atoms with Crippen LogP contribution in [0.15, 0.2) is 36.4 Å². The predicted molar refractivity (Wildman–Crippen MR) is 85.1 cm³/mol. The normalized spacial score (nSPS) is 13.9. The Morgan fingerprint density at radius 2 is 2.05 bits per heavy atom. The van der Waals surface area contributed by atoms with E-state index in [0.29, 0.717) is 6.61 Å². The Kier molecular flexibility index (Phi) is 4.02. The number of rotatable bonds is 3. The van der Waals surface area contributed by atoms with Crippen LogP contribution in [0.3, 0.4) is 0 Å². The lowest BCUT2D eigenvalue weighted by Crippen LogP contribution is -2.41. The van der Waals surface area contributed by atoms with Crippen LogP contribution in [0.1, 0.15) is 11.1 Å². The molecular formula is C16H16BClFNO. The van der Waals surface area contributed by atoms with Gasteiger partial charge < -0.3 is 9.55 Å². The molecule has 1 aliphatic rings. The topological polar surface area (TPSA) is 12.5 Å². The van der Waals surface area contributed by atoms with Crippen molar-refractivity contribution in [1.29, 1.82) is 0 Å². The highest BCUT2D eigenvalue weighted by Crippen LogP contribution is 2.18. The largest absolute Gasteiger partial charge is 0.423 e. The third-order valence-electron chi connectivity index (χ3n) is 3.66. The molecule has 2 nitrogen and oxygen atoms in total. The lowest BCUT2D eigenvalue weighted by Gasteiger charge is -2.13. The Morgan fingerprint density at radius 1 is 1.24 bits per heavy atom. The molecule has 3 rings (SSSR count). The van der Waals surface area contributed by atoms with Crippen LogP contribution in [0.2, 0.25) is 5.02 Å². The van der Waals surface area contributed by atoms with Crippen LogP contribution in [0.5, 0.6) is 0 Å². The van der Waals surface area contributed by atoms with Crippen molar-refractivity contribution in [2.75, 3.05) is 14.1 Å². The molecule has 0 saturated carbocycles. The fourth-order valence-electron chi connectivity index (χ4n) is 2.69. The second kappa shape index (κ2) is 5.80. The second-order valence-electron chi connectivity index (χ2n) is 5.62. The third kappa shape index (κ3) is 2.98. The Balaban J connectivity index is 1.91. The minimum atomic E-state index is -0.225. The molecule has 2 aromatic rings. The molecule has 0 bridgehead atoms. The molecule has 2 aromatic carbocycles. The molecule has 21 heavy (non-hydrogen) atoms. The van der Waals surface area contributed by atoms with Gasteiger partial charge in [-0.2, -0.15) is 0 Å². The molecule has 5 heteroatoms. The highest BCUT2D eigenvalue weighted by atomic mass is 35.5. The average molecular weight is 304 g/mol. The number of fused-ring (bicyclic) bond motifs is 1. The Hall–Kier alpha value is -1.36. The maximum Gasteiger partial charge on any atom is 0.362 e. The van der Waals surface area contributed by atoms with E-state index in [-0.39, 0.29) is 12.7 Å². The van der Waals surface area contributed by atoms with Gasteiger partial charge in [-0.15, -0.1) is 0 Å². The second-order valence-corrected chi connectivity index (χ2v) is 6.03. The molecule has 0 radical (unpaired) electrons. The molecule has 1 aliphatic heterocycles. The van der Waals surface area contributed by atoms with Crippen molar-refractivity contribution in [2.24, 2.45) is 0 Å². The number of hydrogen-bond donors (Lipinski definition) is 0. The molecule has 0 amide bonds. The van der Waals surface area contributed by atoms with Gasteiger partial charge in [-0.1, -0.05) is 29.8 Å². The summed E-state index contributed by atoms with van der Waals surface area (Å²) >= 11 is 6.36. The minimum Gasteiger partial charge on any atom is -0.423 e. The maximum absolute atomic E-state index is 13.2. The van der Waals surface area contributed by atoms with E-state index in [0.717, 1.165) is 33.6 Å². The van der Waals surface area contributed by atoms with E-state index in [1.807, 2.05) is 32.3 Å². The first-order valence-corrected chi connectivity index (χ1v) is 7.25. The fraction of sp³-hybridized carbons (Fsp3) is 0.250. The van der Waals surface area contributed by atoms with E-state index < -0.39 is 0 Å². The van der Waals surface area contributed by atoms with Crippen molar-refractivity contribution >= 4 is 29.4 Å². The van der Waals surface area contributed by atoms with Crippen molar-refractivity contribution in [2.45, 2.75) is 13.2 Å². The predicted octanol–water partition coefficient (Wildman–Crippen LogP) is 2.18. The van der Waals surface area contributed by atoms with E-state index in [4.69, 9.17) is 16.3 Å². The van der Waals surface area contributed by atoms with Gasteiger partial charge in [0.05, 0.1) is 6.61 Å². The van der Waals surface area contributed by atoms with Crippen LogP contribution in [-0.2, 0) is 17.8 Å². The molecule has 0 fully saturated rings. The van der Waals surface area contributed by atoms with Crippen molar-refractivity contribution in [1.82, 2.24) is 4.90 Å². The molecule has 0 N–H and O–H groups in total. The highest BCUT2D eigenvalue weighted by Gasteiger charge is 2.30. The molecule has 0 saturated heterocycles. The lowest BCUT2D eigenvalue weighted by molar-refractivity contribution is 0.336. The van der Waals surface area contributed by atoms with E-state index in [1.54, 1.807) is 6.07 Å². The summed E-state index contributed by atoms with van der Waals surface area (Å²) in [5, 5.41) is 0.736. The van der Waals surface area contributed by atoms with Gasteiger partial charge in [-0.3, -0.25) is 0 Å². The van der Waals surface area contributed by atoms with Crippen molar-refractivity contribution in [3.8, 4) is 0 Å². The molecule has 0 aliphatic carbocycles. The lowest BCUT2D eigenvalue weighted by atomic mass is 9.56. The van der Waals surface area contributed by atoms with Crippen molar-refractivity contribution in [3.63, 3.8) is 0 Å². The number of hydrogen-bond acceptors (Lipinski definition) is 2. The summed E-state index contributed by atoms with van der Waals surface area (Å²) < 4.78 is 19.1. The zero-order valence-electron chi connectivity index (χ0n) is 12.1. The minimum absolute atomic E-state index is 0.161. The molecule has 0 aromatic heterocycles. The monoisotopic (exact) mass is 303 g/mol. The van der Waals surface area contributed by atoms with E-state index in [1.165, 1.54) is 12.1 Å². The number of halogens is 2. The van der Waals surface area contributed by atoms with Crippen LogP contribution in [-0.4, -0.2) is 25.9 Å². The summed E-state index contributed by atoms with van der Waals surface area (Å²) in [4.78, 5) is 2.07. The van der Waals surface area contributed by atoms with Gasteiger partial charge in [0.2, 0.25) is 0 Å². The van der Waals surface area contributed by atoms with E-state index in [2.05, 4.69) is 4.90 Å². The first-order chi connectivity index (χ1) is 10.0. The standard InChI is InChI=1S/C16H16BClFNO/c1-20(2)9-11-3-4-13(8-16(11)18)17-15-6-5-14(19)7-12(15)10-21-17/h3-8H,9-10H2,1-2H3. The Labute approximate surface area is 129 Å². The van der Waals surface area contributed by atoms with Crippen LogP contribution in [0, 0.1) is 5.82 Å². The third-order valence-corrected chi connectivity index (χ3v) is 4.01. The Bertz CT molecular complexity index is 677. The maximum atomic E-state index is 13.2. The molecule has 108 valence electrons. The zero-order chi connectivity index (χ0) is 15.0. The first kappa shape index (κ1) is 14.6. The van der Waals surface area contributed by atoms with Gasteiger partial charge >= 0.3 is 6.92 Å². The Morgan fingerprint density at radius 3 is 2.76 bits per heavy atom. The SMILES string of the molecule is CN(C)Cc1ccc(B2OCc3cc(F)ccc32)cc1Cl. The number of nitrogens with zero attached hydrogens (tertiary/aromatic N) is 1. The molecule has 0 atom stereocenters. The smallest absolute Gasteiger partial charge is 0.362 e. The summed E-state index contributed by atoms with van der Waals surface area (Å²) in [6.07, 6.45) is 0. The molecule has 0 unspecified atom stereocenters. The van der Waals surface area contributed by atoms with Crippen LogP contribution in [0.25, 0.3) is 0 Å². The van der Waals surface area contributed by atoms with Gasteiger partial charge in [0.15, 0.2) is 0 Å². The van der Waals surface area contributed by atoms with Crippen molar-refractivity contribution in [3.05, 3.63) is 58.4 Å². The summed E-state index contributed by atoms with van der Waals surface area (Å²) in [7, 11) is 4.02. The number of benzene rings is 2. The van der Waals surface area contributed by atoms with E-state index in [9.17, 15) is 4.39 Å². The molecular weight excluding hydrogens is 287 g/mol. The average Bonchev–Trinajstić information content (AvgIpc) is 2.83.